The Bertz CT molecular complexity index is 558. The first-order valence-electron chi connectivity index (χ1n) is 5.10. The SMILES string of the molecule is CN(c1ccc(O)cc1)c1cccnc1C#N. The fraction of sp³-hybridized carbons (Fsp3) is 0.0769. The predicted octanol–water partition coefficient (Wildman–Crippen LogP) is 2.43. The van der Waals surface area contributed by atoms with Crippen LogP contribution in [0.5, 0.6) is 5.75 Å². The van der Waals surface area contributed by atoms with Gasteiger partial charge in [0.15, 0.2) is 5.69 Å². The highest BCUT2D eigenvalue weighted by Gasteiger charge is 2.09. The van der Waals surface area contributed by atoms with Gasteiger partial charge in [-0.3, -0.25) is 0 Å². The first-order chi connectivity index (χ1) is 8.22. The number of rotatable bonds is 2. The van der Waals surface area contributed by atoms with Crippen LogP contribution in [0, 0.1) is 11.3 Å². The molecule has 1 aromatic carbocycles. The fourth-order valence-corrected chi connectivity index (χ4v) is 1.57. The van der Waals surface area contributed by atoms with Crippen LogP contribution in [0.25, 0.3) is 0 Å². The van der Waals surface area contributed by atoms with Crippen LogP contribution in [0.1, 0.15) is 5.69 Å². The summed E-state index contributed by atoms with van der Waals surface area (Å²) in [5.74, 6) is 0.217. The number of hydrogen-bond acceptors (Lipinski definition) is 4. The molecular formula is C13H11N3O. The number of hydrogen-bond donors (Lipinski definition) is 1. The lowest BCUT2D eigenvalue weighted by molar-refractivity contribution is 0.475. The number of aromatic nitrogens is 1. The number of aromatic hydroxyl groups is 1. The van der Waals surface area contributed by atoms with Gasteiger partial charge in [-0.25, -0.2) is 4.98 Å². The molecule has 4 nitrogen and oxygen atoms in total. The molecule has 1 N–H and O–H groups in total. The molecule has 0 unspecified atom stereocenters. The zero-order valence-electron chi connectivity index (χ0n) is 9.33. The minimum absolute atomic E-state index is 0.217. The number of pyridine rings is 1. The summed E-state index contributed by atoms with van der Waals surface area (Å²) in [4.78, 5) is 5.86. The lowest BCUT2D eigenvalue weighted by Crippen LogP contribution is -2.11. The Hall–Kier alpha value is -2.54. The summed E-state index contributed by atoms with van der Waals surface area (Å²) in [5.41, 5.74) is 2.00. The summed E-state index contributed by atoms with van der Waals surface area (Å²) in [5, 5.41) is 18.2. The highest BCUT2D eigenvalue weighted by Crippen LogP contribution is 2.26. The third kappa shape index (κ3) is 2.18. The molecule has 0 atom stereocenters. The fourth-order valence-electron chi connectivity index (χ4n) is 1.57. The third-order valence-electron chi connectivity index (χ3n) is 2.49. The minimum Gasteiger partial charge on any atom is -0.508 e. The normalized spacial score (nSPS) is 9.65. The van der Waals surface area contributed by atoms with Crippen LogP contribution in [0.15, 0.2) is 42.6 Å². The summed E-state index contributed by atoms with van der Waals surface area (Å²) >= 11 is 0. The molecule has 1 heterocycles. The number of nitriles is 1. The predicted molar refractivity (Wildman–Crippen MR) is 65.1 cm³/mol. The third-order valence-corrected chi connectivity index (χ3v) is 2.49. The molecule has 0 bridgehead atoms. The number of nitrogens with zero attached hydrogens (tertiary/aromatic N) is 3. The molecule has 0 radical (unpaired) electrons. The van der Waals surface area contributed by atoms with Crippen molar-refractivity contribution in [3.8, 4) is 11.8 Å². The molecule has 84 valence electrons. The van der Waals surface area contributed by atoms with Crippen molar-refractivity contribution in [1.29, 1.82) is 5.26 Å². The van der Waals surface area contributed by atoms with Crippen molar-refractivity contribution in [1.82, 2.24) is 4.98 Å². The van der Waals surface area contributed by atoms with Gasteiger partial charge in [-0.1, -0.05) is 0 Å². The number of anilines is 2. The highest BCUT2D eigenvalue weighted by molar-refractivity contribution is 5.67. The second-order valence-electron chi connectivity index (χ2n) is 3.56. The van der Waals surface area contributed by atoms with Crippen LogP contribution in [0.4, 0.5) is 11.4 Å². The molecule has 0 spiro atoms. The van der Waals surface area contributed by atoms with Gasteiger partial charge in [0, 0.05) is 18.9 Å². The summed E-state index contributed by atoms with van der Waals surface area (Å²) in [6.45, 7) is 0. The van der Waals surface area contributed by atoms with E-state index >= 15 is 0 Å². The summed E-state index contributed by atoms with van der Waals surface area (Å²) in [6, 6.07) is 12.4. The van der Waals surface area contributed by atoms with E-state index in [1.54, 1.807) is 36.5 Å². The van der Waals surface area contributed by atoms with Crippen molar-refractivity contribution in [2.24, 2.45) is 0 Å². The van der Waals surface area contributed by atoms with Gasteiger partial charge in [-0.05, 0) is 36.4 Å². The molecule has 0 saturated heterocycles. The van der Waals surface area contributed by atoms with Gasteiger partial charge >= 0.3 is 0 Å². The van der Waals surface area contributed by atoms with E-state index in [1.165, 1.54) is 0 Å². The topological polar surface area (TPSA) is 60.1 Å². The second kappa shape index (κ2) is 4.54. The quantitative estimate of drug-likeness (QED) is 0.852. The van der Waals surface area contributed by atoms with Gasteiger partial charge in [0.2, 0.25) is 0 Å². The molecule has 0 aliphatic heterocycles. The lowest BCUT2D eigenvalue weighted by Gasteiger charge is -2.19. The zero-order valence-corrected chi connectivity index (χ0v) is 9.33. The lowest BCUT2D eigenvalue weighted by atomic mass is 10.2. The second-order valence-corrected chi connectivity index (χ2v) is 3.56. The van der Waals surface area contributed by atoms with Crippen LogP contribution < -0.4 is 4.90 Å². The van der Waals surface area contributed by atoms with E-state index in [0.717, 1.165) is 11.4 Å². The monoisotopic (exact) mass is 225 g/mol. The Balaban J connectivity index is 2.40. The van der Waals surface area contributed by atoms with Gasteiger partial charge in [-0.2, -0.15) is 5.26 Å². The van der Waals surface area contributed by atoms with Gasteiger partial charge < -0.3 is 10.0 Å². The molecule has 2 aromatic rings. The molecule has 1 aromatic heterocycles. The Morgan fingerprint density at radius 3 is 2.59 bits per heavy atom. The van der Waals surface area contributed by atoms with Crippen LogP contribution >= 0.6 is 0 Å². The van der Waals surface area contributed by atoms with Crippen molar-refractivity contribution in [2.75, 3.05) is 11.9 Å². The van der Waals surface area contributed by atoms with E-state index in [2.05, 4.69) is 11.1 Å². The smallest absolute Gasteiger partial charge is 0.164 e. The molecule has 2 rings (SSSR count). The average molecular weight is 225 g/mol. The Labute approximate surface area is 99.4 Å². The largest absolute Gasteiger partial charge is 0.508 e. The molecule has 17 heavy (non-hydrogen) atoms. The zero-order chi connectivity index (χ0) is 12.3. The Morgan fingerprint density at radius 1 is 1.24 bits per heavy atom. The standard InChI is InChI=1S/C13H11N3O/c1-16(10-4-6-11(17)7-5-10)13-3-2-8-15-12(13)9-14/h2-8,17H,1H3. The van der Waals surface area contributed by atoms with Crippen molar-refractivity contribution < 1.29 is 5.11 Å². The summed E-state index contributed by atoms with van der Waals surface area (Å²) in [7, 11) is 1.85. The maximum atomic E-state index is 9.23. The van der Waals surface area contributed by atoms with Gasteiger partial charge in [-0.15, -0.1) is 0 Å². The average Bonchev–Trinajstić information content (AvgIpc) is 2.39. The van der Waals surface area contributed by atoms with Crippen molar-refractivity contribution in [3.05, 3.63) is 48.3 Å². The first kappa shape index (κ1) is 11.0. The van der Waals surface area contributed by atoms with E-state index in [-0.39, 0.29) is 5.75 Å². The Kier molecular flexibility index (Phi) is 2.93. The van der Waals surface area contributed by atoms with Crippen molar-refractivity contribution >= 4 is 11.4 Å². The highest BCUT2D eigenvalue weighted by atomic mass is 16.3. The van der Waals surface area contributed by atoms with Crippen molar-refractivity contribution in [2.45, 2.75) is 0 Å². The molecule has 4 heteroatoms. The van der Waals surface area contributed by atoms with Crippen LogP contribution in [0.3, 0.4) is 0 Å². The van der Waals surface area contributed by atoms with Gasteiger partial charge in [0.25, 0.3) is 0 Å². The molecule has 0 fully saturated rings. The minimum atomic E-state index is 0.217. The molecular weight excluding hydrogens is 214 g/mol. The van der Waals surface area contributed by atoms with Crippen molar-refractivity contribution in [3.63, 3.8) is 0 Å². The van der Waals surface area contributed by atoms with Crippen LogP contribution in [-0.2, 0) is 0 Å². The van der Waals surface area contributed by atoms with Crippen LogP contribution in [-0.4, -0.2) is 17.1 Å². The van der Waals surface area contributed by atoms with E-state index in [1.807, 2.05) is 18.0 Å². The van der Waals surface area contributed by atoms with E-state index in [0.29, 0.717) is 5.69 Å². The van der Waals surface area contributed by atoms with E-state index in [4.69, 9.17) is 5.26 Å². The maximum absolute atomic E-state index is 9.23. The van der Waals surface area contributed by atoms with Crippen LogP contribution in [0.2, 0.25) is 0 Å². The summed E-state index contributed by atoms with van der Waals surface area (Å²) in [6.07, 6.45) is 1.59. The molecule has 0 amide bonds. The van der Waals surface area contributed by atoms with E-state index < -0.39 is 0 Å². The number of phenolic OH excluding ortho intramolecular Hbond substituents is 1. The van der Waals surface area contributed by atoms with Gasteiger partial charge in [0.1, 0.15) is 11.8 Å². The maximum Gasteiger partial charge on any atom is 0.164 e. The number of benzene rings is 1. The first-order valence-corrected chi connectivity index (χ1v) is 5.10. The Morgan fingerprint density at radius 2 is 1.94 bits per heavy atom. The van der Waals surface area contributed by atoms with Gasteiger partial charge in [0.05, 0.1) is 5.69 Å². The molecule has 0 aliphatic carbocycles. The summed E-state index contributed by atoms with van der Waals surface area (Å²) < 4.78 is 0. The molecule has 0 aliphatic rings. The van der Waals surface area contributed by atoms with E-state index in [9.17, 15) is 5.11 Å². The molecule has 0 saturated carbocycles. The number of phenols is 1.